The second-order valence-electron chi connectivity index (χ2n) is 5.29. The quantitative estimate of drug-likeness (QED) is 0.696. The van der Waals surface area contributed by atoms with E-state index in [0.29, 0.717) is 13.2 Å². The predicted octanol–water partition coefficient (Wildman–Crippen LogP) is 0.620. The number of piperazine rings is 1. The summed E-state index contributed by atoms with van der Waals surface area (Å²) in [6.45, 7) is 6.93. The number of nitrogens with zero attached hydrogens (tertiary/aromatic N) is 2. The number of halogens is 2. The highest BCUT2D eigenvalue weighted by Crippen LogP contribution is 2.29. The van der Waals surface area contributed by atoms with Gasteiger partial charge in [0.25, 0.3) is 0 Å². The van der Waals surface area contributed by atoms with Crippen LogP contribution >= 0.6 is 24.8 Å². The number of hydrogen-bond donors (Lipinski definition) is 1. The van der Waals surface area contributed by atoms with Crippen molar-refractivity contribution in [1.82, 2.24) is 15.1 Å². The molecule has 1 saturated heterocycles. The first-order valence-corrected chi connectivity index (χ1v) is 6.99. The molecule has 2 rings (SSSR count). The zero-order chi connectivity index (χ0) is 12.8. The number of methoxy groups -OCH3 is 1. The van der Waals surface area contributed by atoms with E-state index in [0.717, 1.165) is 38.6 Å². The van der Waals surface area contributed by atoms with Gasteiger partial charge in [0.1, 0.15) is 0 Å². The van der Waals surface area contributed by atoms with Crippen LogP contribution < -0.4 is 5.32 Å². The van der Waals surface area contributed by atoms with Gasteiger partial charge >= 0.3 is 0 Å². The minimum atomic E-state index is 0. The van der Waals surface area contributed by atoms with E-state index in [2.05, 4.69) is 10.2 Å². The lowest BCUT2D eigenvalue weighted by Crippen LogP contribution is -2.51. The molecule has 1 N–H and O–H groups in total. The Bertz CT molecular complexity index is 270. The molecule has 2 fully saturated rings. The van der Waals surface area contributed by atoms with Crippen LogP contribution in [0.25, 0.3) is 0 Å². The van der Waals surface area contributed by atoms with E-state index in [-0.39, 0.29) is 30.7 Å². The van der Waals surface area contributed by atoms with Gasteiger partial charge in [-0.1, -0.05) is 0 Å². The summed E-state index contributed by atoms with van der Waals surface area (Å²) in [5.74, 6) is 1.17. The van der Waals surface area contributed by atoms with Crippen LogP contribution in [0.4, 0.5) is 0 Å². The maximum absolute atomic E-state index is 11.9. The van der Waals surface area contributed by atoms with Crippen molar-refractivity contribution in [1.29, 1.82) is 0 Å². The van der Waals surface area contributed by atoms with Gasteiger partial charge in [-0.2, -0.15) is 0 Å². The van der Waals surface area contributed by atoms with Gasteiger partial charge in [0.2, 0.25) is 5.91 Å². The lowest BCUT2D eigenvalue weighted by atomic mass is 10.2. The normalized spacial score (nSPS) is 19.1. The summed E-state index contributed by atoms with van der Waals surface area (Å²) in [7, 11) is 1.67. The Balaban J connectivity index is 0.00000180. The van der Waals surface area contributed by atoms with Crippen LogP contribution in [-0.2, 0) is 9.53 Å². The van der Waals surface area contributed by atoms with Crippen molar-refractivity contribution in [3.05, 3.63) is 0 Å². The summed E-state index contributed by atoms with van der Waals surface area (Å²) < 4.78 is 4.93. The number of amides is 1. The standard InChI is InChI=1S/C13H25N3O2.2ClH/c1-18-9-4-14-10-13(17)16-7-5-15(6-8-16)11-12-2-3-12;;/h12,14H,2-11H2,1H3;2*1H. The van der Waals surface area contributed by atoms with Crippen molar-refractivity contribution in [2.45, 2.75) is 12.8 Å². The molecule has 0 radical (unpaired) electrons. The molecule has 1 saturated carbocycles. The van der Waals surface area contributed by atoms with E-state index in [1.807, 2.05) is 4.90 Å². The highest BCUT2D eigenvalue weighted by molar-refractivity contribution is 5.85. The highest BCUT2D eigenvalue weighted by atomic mass is 35.5. The van der Waals surface area contributed by atoms with E-state index < -0.39 is 0 Å². The Hall–Kier alpha value is -0.0700. The molecule has 2 aliphatic rings. The van der Waals surface area contributed by atoms with Gasteiger partial charge in [-0.05, 0) is 18.8 Å². The zero-order valence-electron chi connectivity index (χ0n) is 12.2. The van der Waals surface area contributed by atoms with Crippen LogP contribution in [0, 0.1) is 5.92 Å². The summed E-state index contributed by atoms with van der Waals surface area (Å²) in [6, 6.07) is 0. The number of ether oxygens (including phenoxy) is 1. The zero-order valence-corrected chi connectivity index (χ0v) is 13.8. The van der Waals surface area contributed by atoms with Crippen molar-refractivity contribution < 1.29 is 9.53 Å². The van der Waals surface area contributed by atoms with Crippen LogP contribution in [0.2, 0.25) is 0 Å². The summed E-state index contributed by atoms with van der Waals surface area (Å²) in [6.07, 6.45) is 2.81. The first-order valence-electron chi connectivity index (χ1n) is 6.99. The first kappa shape index (κ1) is 19.9. The van der Waals surface area contributed by atoms with Gasteiger partial charge < -0.3 is 15.0 Å². The van der Waals surface area contributed by atoms with Gasteiger partial charge in [0.05, 0.1) is 13.2 Å². The van der Waals surface area contributed by atoms with Gasteiger partial charge in [-0.25, -0.2) is 0 Å². The summed E-state index contributed by atoms with van der Waals surface area (Å²) in [5.41, 5.74) is 0. The lowest BCUT2D eigenvalue weighted by Gasteiger charge is -2.34. The third kappa shape index (κ3) is 7.09. The van der Waals surface area contributed by atoms with E-state index in [4.69, 9.17) is 4.74 Å². The van der Waals surface area contributed by atoms with Gasteiger partial charge in [0.15, 0.2) is 0 Å². The highest BCUT2D eigenvalue weighted by Gasteiger charge is 2.27. The molecular formula is C13H27Cl2N3O2. The maximum atomic E-state index is 11.9. The lowest BCUT2D eigenvalue weighted by molar-refractivity contribution is -0.132. The van der Waals surface area contributed by atoms with E-state index in [9.17, 15) is 4.79 Å². The second-order valence-corrected chi connectivity index (χ2v) is 5.29. The number of rotatable bonds is 7. The van der Waals surface area contributed by atoms with Crippen LogP contribution in [0.15, 0.2) is 0 Å². The molecule has 7 heteroatoms. The minimum Gasteiger partial charge on any atom is -0.383 e. The second kappa shape index (κ2) is 10.6. The number of carbonyl (C=O) groups is 1. The average molecular weight is 328 g/mol. The molecule has 20 heavy (non-hydrogen) atoms. The van der Waals surface area contributed by atoms with Crippen molar-refractivity contribution in [3.63, 3.8) is 0 Å². The minimum absolute atomic E-state index is 0. The fourth-order valence-corrected chi connectivity index (χ4v) is 2.33. The molecule has 5 nitrogen and oxygen atoms in total. The molecule has 1 amide bonds. The Labute approximate surface area is 134 Å². The van der Waals surface area contributed by atoms with E-state index >= 15 is 0 Å². The molecule has 0 unspecified atom stereocenters. The smallest absolute Gasteiger partial charge is 0.236 e. The largest absolute Gasteiger partial charge is 0.383 e. The molecule has 0 bridgehead atoms. The third-order valence-electron chi connectivity index (χ3n) is 3.70. The summed E-state index contributed by atoms with van der Waals surface area (Å²) in [5, 5.41) is 3.11. The van der Waals surface area contributed by atoms with Crippen LogP contribution in [0.5, 0.6) is 0 Å². The molecule has 0 atom stereocenters. The number of nitrogens with one attached hydrogen (secondary N) is 1. The van der Waals surface area contributed by atoms with Crippen molar-refractivity contribution in [2.24, 2.45) is 5.92 Å². The van der Waals surface area contributed by atoms with Crippen LogP contribution in [0.1, 0.15) is 12.8 Å². The molecule has 1 aliphatic heterocycles. The number of hydrogen-bond acceptors (Lipinski definition) is 4. The van der Waals surface area contributed by atoms with Gasteiger partial charge in [0, 0.05) is 46.4 Å². The van der Waals surface area contributed by atoms with Crippen molar-refractivity contribution in [2.75, 3.05) is 59.5 Å². The Kier molecular flexibility index (Phi) is 10.6. The number of carbonyl (C=O) groups excluding carboxylic acids is 1. The Morgan fingerprint density at radius 3 is 2.40 bits per heavy atom. The molecule has 0 spiro atoms. The SMILES string of the molecule is COCCNCC(=O)N1CCN(CC2CC2)CC1.Cl.Cl. The molecule has 0 aromatic carbocycles. The van der Waals surface area contributed by atoms with Gasteiger partial charge in [-0.3, -0.25) is 9.69 Å². The topological polar surface area (TPSA) is 44.8 Å². The van der Waals surface area contributed by atoms with Crippen molar-refractivity contribution >= 4 is 30.7 Å². The summed E-state index contributed by atoms with van der Waals surface area (Å²) in [4.78, 5) is 16.4. The molecule has 1 heterocycles. The van der Waals surface area contributed by atoms with Crippen molar-refractivity contribution in [3.8, 4) is 0 Å². The summed E-state index contributed by atoms with van der Waals surface area (Å²) >= 11 is 0. The molecule has 1 aliphatic carbocycles. The Morgan fingerprint density at radius 1 is 1.20 bits per heavy atom. The predicted molar refractivity (Wildman–Crippen MR) is 85.0 cm³/mol. The van der Waals surface area contributed by atoms with E-state index in [1.54, 1.807) is 7.11 Å². The first-order chi connectivity index (χ1) is 8.79. The Morgan fingerprint density at radius 2 is 1.85 bits per heavy atom. The van der Waals surface area contributed by atoms with E-state index in [1.165, 1.54) is 19.4 Å². The third-order valence-corrected chi connectivity index (χ3v) is 3.70. The maximum Gasteiger partial charge on any atom is 0.236 e. The van der Waals surface area contributed by atoms with Crippen LogP contribution in [0.3, 0.4) is 0 Å². The monoisotopic (exact) mass is 327 g/mol. The fraction of sp³-hybridized carbons (Fsp3) is 0.923. The van der Waals surface area contributed by atoms with Gasteiger partial charge in [-0.15, -0.1) is 24.8 Å². The molecule has 0 aromatic heterocycles. The molecule has 0 aromatic rings. The molecule has 120 valence electrons. The van der Waals surface area contributed by atoms with Crippen LogP contribution in [-0.4, -0.2) is 75.2 Å². The average Bonchev–Trinajstić information content (AvgIpc) is 3.19. The fourth-order valence-electron chi connectivity index (χ4n) is 2.33. The molecular weight excluding hydrogens is 301 g/mol.